The molecule has 1 fully saturated rings. The van der Waals surface area contributed by atoms with Gasteiger partial charge in [-0.2, -0.15) is 0 Å². The quantitative estimate of drug-likeness (QED) is 0.735. The Hall–Kier alpha value is -0.0800. The second-order valence-electron chi connectivity index (χ2n) is 5.81. The monoisotopic (exact) mass is 241 g/mol. The van der Waals surface area contributed by atoms with Crippen molar-refractivity contribution >= 4 is 0 Å². The second-order valence-corrected chi connectivity index (χ2v) is 5.81. The first-order valence-corrected chi connectivity index (χ1v) is 7.43. The predicted molar refractivity (Wildman–Crippen MR) is 74.3 cm³/mol. The molecule has 0 saturated heterocycles. The Bertz CT molecular complexity index is 187. The summed E-state index contributed by atoms with van der Waals surface area (Å²) in [4.78, 5) is 0. The summed E-state index contributed by atoms with van der Waals surface area (Å²) in [6.45, 7) is 7.88. The molecule has 0 aromatic heterocycles. The molecule has 1 aliphatic carbocycles. The van der Waals surface area contributed by atoms with E-state index in [9.17, 15) is 0 Å². The van der Waals surface area contributed by atoms with Gasteiger partial charge in [0.15, 0.2) is 0 Å². The summed E-state index contributed by atoms with van der Waals surface area (Å²) in [5, 5.41) is 3.69. The summed E-state index contributed by atoms with van der Waals surface area (Å²) in [5.74, 6) is 1.85. The first kappa shape index (κ1) is 15.0. The third kappa shape index (κ3) is 5.39. The summed E-state index contributed by atoms with van der Waals surface area (Å²) in [7, 11) is 1.81. The van der Waals surface area contributed by atoms with E-state index >= 15 is 0 Å². The molecule has 0 amide bonds. The predicted octanol–water partition coefficient (Wildman–Crippen LogP) is 3.61. The third-order valence-electron chi connectivity index (χ3n) is 4.38. The molecule has 2 heteroatoms. The second kappa shape index (κ2) is 8.10. The summed E-state index contributed by atoms with van der Waals surface area (Å²) < 4.78 is 5.36. The van der Waals surface area contributed by atoms with Gasteiger partial charge in [0.1, 0.15) is 0 Å². The maximum absolute atomic E-state index is 5.36. The minimum atomic E-state index is 0.402. The van der Waals surface area contributed by atoms with Crippen LogP contribution >= 0.6 is 0 Å². The number of hydrogen-bond acceptors (Lipinski definition) is 2. The molecule has 1 rings (SSSR count). The van der Waals surface area contributed by atoms with Gasteiger partial charge >= 0.3 is 0 Å². The van der Waals surface area contributed by atoms with Gasteiger partial charge in [-0.25, -0.2) is 0 Å². The minimum absolute atomic E-state index is 0.402. The number of methoxy groups -OCH3 is 1. The first-order valence-electron chi connectivity index (χ1n) is 7.43. The lowest BCUT2D eigenvalue weighted by Gasteiger charge is -2.33. The Morgan fingerprint density at radius 2 is 1.82 bits per heavy atom. The van der Waals surface area contributed by atoms with Gasteiger partial charge in [0.25, 0.3) is 0 Å². The highest BCUT2D eigenvalue weighted by atomic mass is 16.5. The van der Waals surface area contributed by atoms with E-state index in [0.29, 0.717) is 12.1 Å². The van der Waals surface area contributed by atoms with E-state index in [1.165, 1.54) is 38.5 Å². The zero-order chi connectivity index (χ0) is 12.7. The Morgan fingerprint density at radius 1 is 1.18 bits per heavy atom. The van der Waals surface area contributed by atoms with Crippen LogP contribution in [0.2, 0.25) is 0 Å². The normalized spacial score (nSPS) is 28.9. The van der Waals surface area contributed by atoms with E-state index in [-0.39, 0.29) is 0 Å². The summed E-state index contributed by atoms with van der Waals surface area (Å²) in [6.07, 6.45) is 8.53. The van der Waals surface area contributed by atoms with Crippen LogP contribution in [-0.4, -0.2) is 25.8 Å². The molecule has 2 atom stereocenters. The van der Waals surface area contributed by atoms with Gasteiger partial charge < -0.3 is 10.1 Å². The summed E-state index contributed by atoms with van der Waals surface area (Å²) >= 11 is 0. The van der Waals surface area contributed by atoms with Crippen molar-refractivity contribution in [3.63, 3.8) is 0 Å². The lowest BCUT2D eigenvalue weighted by atomic mass is 9.78. The van der Waals surface area contributed by atoms with Crippen LogP contribution in [0.4, 0.5) is 0 Å². The molecular weight excluding hydrogens is 210 g/mol. The molecule has 1 aliphatic rings. The molecule has 0 aliphatic heterocycles. The molecule has 102 valence electrons. The van der Waals surface area contributed by atoms with Crippen molar-refractivity contribution in [3.8, 4) is 0 Å². The van der Waals surface area contributed by atoms with Crippen molar-refractivity contribution in [2.75, 3.05) is 13.7 Å². The molecule has 1 N–H and O–H groups in total. The van der Waals surface area contributed by atoms with Gasteiger partial charge in [0.05, 0.1) is 6.10 Å². The van der Waals surface area contributed by atoms with Gasteiger partial charge in [-0.3, -0.25) is 0 Å². The number of ether oxygens (including phenoxy) is 1. The van der Waals surface area contributed by atoms with Gasteiger partial charge in [-0.15, -0.1) is 0 Å². The molecule has 0 aromatic carbocycles. The highest BCUT2D eigenvalue weighted by Crippen LogP contribution is 2.32. The van der Waals surface area contributed by atoms with Crippen LogP contribution in [0.15, 0.2) is 0 Å². The van der Waals surface area contributed by atoms with Gasteiger partial charge in [0.2, 0.25) is 0 Å². The molecule has 1 saturated carbocycles. The fourth-order valence-electron chi connectivity index (χ4n) is 2.99. The zero-order valence-electron chi connectivity index (χ0n) is 12.2. The maximum Gasteiger partial charge on any atom is 0.0543 e. The van der Waals surface area contributed by atoms with Gasteiger partial charge in [-0.1, -0.05) is 26.7 Å². The number of nitrogens with one attached hydrogen (secondary N) is 1. The van der Waals surface area contributed by atoms with Crippen LogP contribution < -0.4 is 5.32 Å². The molecule has 2 nitrogen and oxygen atoms in total. The Balaban J connectivity index is 2.36. The van der Waals surface area contributed by atoms with Crippen LogP contribution in [0.3, 0.4) is 0 Å². The SMILES string of the molecule is CCNC(CCC(C)OC)C1CCC(C)CC1. The van der Waals surface area contributed by atoms with E-state index in [4.69, 9.17) is 4.74 Å². The summed E-state index contributed by atoms with van der Waals surface area (Å²) in [5.41, 5.74) is 0. The van der Waals surface area contributed by atoms with Crippen molar-refractivity contribution < 1.29 is 4.74 Å². The van der Waals surface area contributed by atoms with Crippen LogP contribution in [-0.2, 0) is 4.74 Å². The van der Waals surface area contributed by atoms with Crippen LogP contribution in [0.5, 0.6) is 0 Å². The molecule has 2 unspecified atom stereocenters. The molecule has 0 radical (unpaired) electrons. The molecule has 0 aromatic rings. The number of rotatable bonds is 7. The minimum Gasteiger partial charge on any atom is -0.382 e. The fourth-order valence-corrected chi connectivity index (χ4v) is 2.99. The summed E-state index contributed by atoms with van der Waals surface area (Å²) in [6, 6.07) is 0.713. The average Bonchev–Trinajstić information content (AvgIpc) is 2.35. The standard InChI is InChI=1S/C15H31NO/c1-5-16-15(11-8-13(3)17-4)14-9-6-12(2)7-10-14/h12-16H,5-11H2,1-4H3. The lowest BCUT2D eigenvalue weighted by Crippen LogP contribution is -2.38. The first-order chi connectivity index (χ1) is 8.17. The molecule has 0 heterocycles. The van der Waals surface area contributed by atoms with E-state index in [1.54, 1.807) is 0 Å². The maximum atomic E-state index is 5.36. The van der Waals surface area contributed by atoms with Crippen molar-refractivity contribution in [3.05, 3.63) is 0 Å². The Kier molecular flexibility index (Phi) is 7.14. The van der Waals surface area contributed by atoms with E-state index in [1.807, 2.05) is 7.11 Å². The third-order valence-corrected chi connectivity index (χ3v) is 4.38. The van der Waals surface area contributed by atoms with Crippen molar-refractivity contribution in [1.29, 1.82) is 0 Å². The zero-order valence-corrected chi connectivity index (χ0v) is 12.2. The molecular formula is C15H31NO. The van der Waals surface area contributed by atoms with Gasteiger partial charge in [0, 0.05) is 13.2 Å². The highest BCUT2D eigenvalue weighted by Gasteiger charge is 2.25. The van der Waals surface area contributed by atoms with Gasteiger partial charge in [-0.05, 0) is 51.0 Å². The number of hydrogen-bond donors (Lipinski definition) is 1. The smallest absolute Gasteiger partial charge is 0.0543 e. The Morgan fingerprint density at radius 3 is 2.35 bits per heavy atom. The van der Waals surface area contributed by atoms with Crippen molar-refractivity contribution in [2.45, 2.75) is 71.4 Å². The van der Waals surface area contributed by atoms with Crippen LogP contribution in [0, 0.1) is 11.8 Å². The topological polar surface area (TPSA) is 21.3 Å². The van der Waals surface area contributed by atoms with E-state index in [2.05, 4.69) is 26.1 Å². The fraction of sp³-hybridized carbons (Fsp3) is 1.00. The van der Waals surface area contributed by atoms with E-state index < -0.39 is 0 Å². The molecule has 0 spiro atoms. The largest absolute Gasteiger partial charge is 0.382 e. The van der Waals surface area contributed by atoms with Crippen molar-refractivity contribution in [1.82, 2.24) is 5.32 Å². The highest BCUT2D eigenvalue weighted by molar-refractivity contribution is 4.81. The molecule has 0 bridgehead atoms. The average molecular weight is 241 g/mol. The lowest BCUT2D eigenvalue weighted by molar-refractivity contribution is 0.100. The van der Waals surface area contributed by atoms with Crippen molar-refractivity contribution in [2.24, 2.45) is 11.8 Å². The van der Waals surface area contributed by atoms with Crippen LogP contribution in [0.1, 0.15) is 59.3 Å². The molecule has 17 heavy (non-hydrogen) atoms. The van der Waals surface area contributed by atoms with Crippen LogP contribution in [0.25, 0.3) is 0 Å². The Labute approximate surface area is 108 Å². The van der Waals surface area contributed by atoms with E-state index in [0.717, 1.165) is 18.4 Å².